The number of nitrogens with zero attached hydrogens (tertiary/aromatic N) is 1. The Morgan fingerprint density at radius 2 is 1.60 bits per heavy atom. The number of sulfonamides is 1. The lowest BCUT2D eigenvalue weighted by Gasteiger charge is -2.26. The van der Waals surface area contributed by atoms with Crippen molar-refractivity contribution in [3.05, 3.63) is 95.6 Å². The summed E-state index contributed by atoms with van der Waals surface area (Å²) in [5, 5.41) is 3.13. The second-order valence-electron chi connectivity index (χ2n) is 7.45. The summed E-state index contributed by atoms with van der Waals surface area (Å²) >= 11 is 0. The van der Waals surface area contributed by atoms with Crippen LogP contribution in [0.3, 0.4) is 0 Å². The zero-order valence-electron chi connectivity index (χ0n) is 16.8. The van der Waals surface area contributed by atoms with Crippen LogP contribution in [-0.4, -0.2) is 21.4 Å². The summed E-state index contributed by atoms with van der Waals surface area (Å²) in [6, 6.07) is 23.2. The quantitative estimate of drug-likeness (QED) is 0.669. The number of nitrogens with one attached hydrogen (secondary N) is 1. The Morgan fingerprint density at radius 3 is 2.33 bits per heavy atom. The molecule has 0 radical (unpaired) electrons. The highest BCUT2D eigenvalue weighted by atomic mass is 32.2. The van der Waals surface area contributed by atoms with E-state index in [1.165, 1.54) is 22.5 Å². The Morgan fingerprint density at radius 1 is 0.933 bits per heavy atom. The summed E-state index contributed by atoms with van der Waals surface area (Å²) < 4.78 is 26.8. The van der Waals surface area contributed by atoms with Gasteiger partial charge in [-0.15, -0.1) is 0 Å². The van der Waals surface area contributed by atoms with Crippen LogP contribution < -0.4 is 9.62 Å². The maximum atomic E-state index is 12.8. The van der Waals surface area contributed by atoms with E-state index in [0.717, 1.165) is 19.3 Å². The molecule has 1 aliphatic rings. The van der Waals surface area contributed by atoms with Crippen LogP contribution in [0.5, 0.6) is 0 Å². The number of amides is 1. The van der Waals surface area contributed by atoms with Crippen LogP contribution >= 0.6 is 0 Å². The highest BCUT2D eigenvalue weighted by Gasteiger charge is 2.23. The van der Waals surface area contributed by atoms with Gasteiger partial charge in [-0.25, -0.2) is 8.42 Å². The van der Waals surface area contributed by atoms with Gasteiger partial charge in [0.05, 0.1) is 16.6 Å². The van der Waals surface area contributed by atoms with Gasteiger partial charge < -0.3 is 5.32 Å². The molecule has 1 unspecified atom stereocenters. The van der Waals surface area contributed by atoms with Crippen LogP contribution in [0.4, 0.5) is 5.69 Å². The van der Waals surface area contributed by atoms with E-state index in [9.17, 15) is 13.2 Å². The summed E-state index contributed by atoms with van der Waals surface area (Å²) in [4.78, 5) is 13.0. The predicted molar refractivity (Wildman–Crippen MR) is 118 cm³/mol. The van der Waals surface area contributed by atoms with Crippen molar-refractivity contribution in [2.45, 2.75) is 30.2 Å². The second kappa shape index (κ2) is 8.32. The van der Waals surface area contributed by atoms with Crippen molar-refractivity contribution in [1.29, 1.82) is 0 Å². The first-order valence-corrected chi connectivity index (χ1v) is 11.4. The van der Waals surface area contributed by atoms with E-state index in [4.69, 9.17) is 0 Å². The van der Waals surface area contributed by atoms with E-state index in [2.05, 4.69) is 17.4 Å². The van der Waals surface area contributed by atoms with Crippen molar-refractivity contribution >= 4 is 21.6 Å². The Balaban J connectivity index is 1.49. The highest BCUT2D eigenvalue weighted by Crippen LogP contribution is 2.30. The van der Waals surface area contributed by atoms with Crippen molar-refractivity contribution in [3.63, 3.8) is 0 Å². The third-order valence-electron chi connectivity index (χ3n) is 5.57. The highest BCUT2D eigenvalue weighted by molar-refractivity contribution is 7.92. The fourth-order valence-corrected chi connectivity index (χ4v) is 5.07. The van der Waals surface area contributed by atoms with Crippen molar-refractivity contribution in [3.8, 4) is 0 Å². The lowest BCUT2D eigenvalue weighted by molar-refractivity contribution is 0.0933. The van der Waals surface area contributed by atoms with E-state index >= 15 is 0 Å². The lowest BCUT2D eigenvalue weighted by atomic mass is 9.87. The maximum absolute atomic E-state index is 12.8. The average molecular weight is 421 g/mol. The molecule has 3 aromatic rings. The number of hydrogen-bond acceptors (Lipinski definition) is 3. The zero-order chi connectivity index (χ0) is 21.1. The van der Waals surface area contributed by atoms with Crippen molar-refractivity contribution in [1.82, 2.24) is 5.32 Å². The van der Waals surface area contributed by atoms with E-state index in [-0.39, 0.29) is 16.8 Å². The fraction of sp³-hybridized carbons (Fsp3) is 0.208. The van der Waals surface area contributed by atoms with Crippen LogP contribution in [0.15, 0.2) is 83.8 Å². The van der Waals surface area contributed by atoms with Gasteiger partial charge in [-0.2, -0.15) is 0 Å². The average Bonchev–Trinajstić information content (AvgIpc) is 2.79. The first-order chi connectivity index (χ1) is 14.5. The Hall–Kier alpha value is -3.12. The van der Waals surface area contributed by atoms with Gasteiger partial charge in [-0.1, -0.05) is 42.5 Å². The summed E-state index contributed by atoms with van der Waals surface area (Å²) in [7, 11) is -2.14. The zero-order valence-corrected chi connectivity index (χ0v) is 17.6. The maximum Gasteiger partial charge on any atom is 0.264 e. The summed E-state index contributed by atoms with van der Waals surface area (Å²) in [5.41, 5.74) is 3.48. The minimum atomic E-state index is -3.65. The van der Waals surface area contributed by atoms with Crippen molar-refractivity contribution in [2.24, 2.45) is 0 Å². The molecule has 0 fully saturated rings. The second-order valence-corrected chi connectivity index (χ2v) is 9.42. The van der Waals surface area contributed by atoms with E-state index in [1.807, 2.05) is 12.1 Å². The molecule has 1 N–H and O–H groups in total. The Kier molecular flexibility index (Phi) is 5.59. The number of rotatable bonds is 5. The van der Waals surface area contributed by atoms with Gasteiger partial charge in [0.15, 0.2) is 0 Å². The monoisotopic (exact) mass is 420 g/mol. The Labute approximate surface area is 177 Å². The van der Waals surface area contributed by atoms with Gasteiger partial charge >= 0.3 is 0 Å². The molecule has 4 rings (SSSR count). The van der Waals surface area contributed by atoms with E-state index < -0.39 is 10.0 Å². The Bertz CT molecular complexity index is 1140. The largest absolute Gasteiger partial charge is 0.345 e. The van der Waals surface area contributed by atoms with Gasteiger partial charge in [0.1, 0.15) is 0 Å². The molecule has 1 atom stereocenters. The van der Waals surface area contributed by atoms with E-state index in [1.54, 1.807) is 54.6 Å². The molecule has 0 aliphatic heterocycles. The number of carbonyl (C=O) groups excluding carboxylic acids is 1. The molecule has 3 aromatic carbocycles. The van der Waals surface area contributed by atoms with Crippen LogP contribution in [0.25, 0.3) is 0 Å². The first-order valence-electron chi connectivity index (χ1n) is 9.99. The molecule has 0 bridgehead atoms. The molecule has 0 saturated carbocycles. The van der Waals surface area contributed by atoms with Gasteiger partial charge in [-0.3, -0.25) is 9.10 Å². The molecular weight excluding hydrogens is 396 g/mol. The molecule has 1 amide bonds. The molecule has 6 heteroatoms. The van der Waals surface area contributed by atoms with Gasteiger partial charge in [-0.05, 0) is 66.8 Å². The number of hydrogen-bond donors (Lipinski definition) is 1. The topological polar surface area (TPSA) is 66.5 Å². The molecule has 1 aliphatic carbocycles. The van der Waals surface area contributed by atoms with Crippen LogP contribution in [0, 0.1) is 0 Å². The van der Waals surface area contributed by atoms with Crippen molar-refractivity contribution < 1.29 is 13.2 Å². The van der Waals surface area contributed by atoms with Gasteiger partial charge in [0, 0.05) is 12.6 Å². The van der Waals surface area contributed by atoms with E-state index in [0.29, 0.717) is 11.3 Å². The third-order valence-corrected chi connectivity index (χ3v) is 7.37. The third kappa shape index (κ3) is 3.96. The van der Waals surface area contributed by atoms with Crippen molar-refractivity contribution in [2.75, 3.05) is 11.4 Å². The standard InChI is InChI=1S/C24H24N2O3S/c1-26(30(28,29)21-10-3-2-4-11-21)20-16-14-19(15-17-20)24(27)25-23-13-7-9-18-8-5-6-12-22(18)23/h2-6,8,10-12,14-17,23H,7,9,13H2,1H3,(H,25,27). The number of fused-ring (bicyclic) bond motifs is 1. The summed E-state index contributed by atoms with van der Waals surface area (Å²) in [5.74, 6) is -0.156. The SMILES string of the molecule is CN(c1ccc(C(=O)NC2CCCc3ccccc32)cc1)S(=O)(=O)c1ccccc1. The number of carbonyl (C=O) groups is 1. The molecule has 30 heavy (non-hydrogen) atoms. The fourth-order valence-electron chi connectivity index (χ4n) is 3.86. The minimum Gasteiger partial charge on any atom is -0.345 e. The molecule has 0 saturated heterocycles. The molecular formula is C24H24N2O3S. The first kappa shape index (κ1) is 20.2. The van der Waals surface area contributed by atoms with Gasteiger partial charge in [0.25, 0.3) is 15.9 Å². The van der Waals surface area contributed by atoms with Gasteiger partial charge in [0.2, 0.25) is 0 Å². The normalized spacial score (nSPS) is 15.8. The summed E-state index contributed by atoms with van der Waals surface area (Å²) in [6.07, 6.45) is 3.00. The molecule has 0 spiro atoms. The number of anilines is 1. The molecule has 154 valence electrons. The number of aryl methyl sites for hydroxylation is 1. The van der Waals surface area contributed by atoms with Crippen LogP contribution in [0.2, 0.25) is 0 Å². The molecule has 0 aromatic heterocycles. The number of benzene rings is 3. The molecule has 0 heterocycles. The molecule has 5 nitrogen and oxygen atoms in total. The summed E-state index contributed by atoms with van der Waals surface area (Å²) in [6.45, 7) is 0. The predicted octanol–water partition coefficient (Wildman–Crippen LogP) is 4.32. The minimum absolute atomic E-state index is 0.00302. The van der Waals surface area contributed by atoms with Crippen LogP contribution in [0.1, 0.15) is 40.4 Å². The smallest absolute Gasteiger partial charge is 0.264 e. The van der Waals surface area contributed by atoms with Crippen LogP contribution in [-0.2, 0) is 16.4 Å². The lowest BCUT2D eigenvalue weighted by Crippen LogP contribution is -2.31.